The van der Waals surface area contributed by atoms with Crippen molar-refractivity contribution in [3.8, 4) is 0 Å². The highest BCUT2D eigenvalue weighted by molar-refractivity contribution is 5.66. The van der Waals surface area contributed by atoms with Crippen LogP contribution in [0.1, 0.15) is 79.1 Å². The summed E-state index contributed by atoms with van der Waals surface area (Å²) in [6.45, 7) is 12.7. The van der Waals surface area contributed by atoms with Crippen LogP contribution in [0.2, 0.25) is 0 Å². The van der Waals surface area contributed by atoms with Crippen molar-refractivity contribution in [2.45, 2.75) is 85.2 Å². The molecule has 0 aromatic carbocycles. The summed E-state index contributed by atoms with van der Waals surface area (Å²) in [6.07, 6.45) is 8.77. The molecule has 0 aromatic rings. The minimum Gasteiger partial charge on any atom is -0.466 e. The van der Waals surface area contributed by atoms with Crippen molar-refractivity contribution in [1.29, 1.82) is 0 Å². The molecule has 0 N–H and O–H groups in total. The van der Waals surface area contributed by atoms with Crippen LogP contribution in [-0.2, 0) is 19.1 Å². The van der Waals surface area contributed by atoms with Crippen molar-refractivity contribution < 1.29 is 19.1 Å². The van der Waals surface area contributed by atoms with E-state index in [0.29, 0.717) is 24.4 Å². The molecule has 3 aliphatic carbocycles. The van der Waals surface area contributed by atoms with E-state index in [4.69, 9.17) is 9.47 Å². The number of allylic oxidation sites excluding steroid dienone is 1. The molecule has 3 rings (SSSR count). The van der Waals surface area contributed by atoms with Gasteiger partial charge in [0.25, 0.3) is 0 Å². The Bertz CT molecular complexity index is 601. The van der Waals surface area contributed by atoms with E-state index in [1.54, 1.807) is 0 Å². The lowest BCUT2D eigenvalue weighted by molar-refractivity contribution is -0.152. The summed E-state index contributed by atoms with van der Waals surface area (Å²) >= 11 is 0. The van der Waals surface area contributed by atoms with Crippen LogP contribution in [0.5, 0.6) is 0 Å². The summed E-state index contributed by atoms with van der Waals surface area (Å²) in [5.41, 5.74) is 1.82. The first-order valence-corrected chi connectivity index (χ1v) is 10.6. The molecule has 0 aromatic heterocycles. The molecule has 0 heterocycles. The van der Waals surface area contributed by atoms with Crippen LogP contribution in [0.3, 0.4) is 0 Å². The van der Waals surface area contributed by atoms with Crippen LogP contribution in [0.4, 0.5) is 0 Å². The molecule has 152 valence electrons. The highest BCUT2D eigenvalue weighted by atomic mass is 16.5. The fourth-order valence-corrected chi connectivity index (χ4v) is 6.48. The monoisotopic (exact) mass is 376 g/mol. The van der Waals surface area contributed by atoms with Gasteiger partial charge in [-0.2, -0.15) is 0 Å². The molecule has 3 aliphatic rings. The molecule has 0 spiro atoms. The largest absolute Gasteiger partial charge is 0.466 e. The van der Waals surface area contributed by atoms with Crippen LogP contribution >= 0.6 is 0 Å². The average Bonchev–Trinajstić information content (AvgIpc) is 2.90. The number of carbonyl (C=O) groups is 2. The average molecular weight is 377 g/mol. The van der Waals surface area contributed by atoms with Gasteiger partial charge in [0.2, 0.25) is 0 Å². The van der Waals surface area contributed by atoms with Crippen molar-refractivity contribution in [1.82, 2.24) is 0 Å². The second-order valence-corrected chi connectivity index (χ2v) is 9.74. The molecule has 3 fully saturated rings. The zero-order valence-corrected chi connectivity index (χ0v) is 17.5. The smallest absolute Gasteiger partial charge is 0.302 e. The number of carbonyl (C=O) groups excluding carboxylic acids is 2. The zero-order valence-electron chi connectivity index (χ0n) is 17.5. The van der Waals surface area contributed by atoms with E-state index in [1.807, 2.05) is 0 Å². The Kier molecular flexibility index (Phi) is 5.74. The molecule has 4 atom stereocenters. The van der Waals surface area contributed by atoms with Gasteiger partial charge in [0, 0.05) is 19.8 Å². The van der Waals surface area contributed by atoms with E-state index in [1.165, 1.54) is 38.7 Å². The van der Waals surface area contributed by atoms with Crippen LogP contribution in [0.15, 0.2) is 12.2 Å². The predicted octanol–water partition coefficient (Wildman–Crippen LogP) is 5.06. The molecular weight excluding hydrogens is 340 g/mol. The van der Waals surface area contributed by atoms with Gasteiger partial charge in [-0.25, -0.2) is 0 Å². The SMILES string of the molecule is C=C1CCC2[C@H](COC(C)=O)C(C3(C)CCC(OC(C)=O)CC3)CC[C@]12C. The third-order valence-corrected chi connectivity index (χ3v) is 8.17. The molecule has 4 nitrogen and oxygen atoms in total. The predicted molar refractivity (Wildman–Crippen MR) is 105 cm³/mol. The van der Waals surface area contributed by atoms with Gasteiger partial charge < -0.3 is 9.47 Å². The number of ether oxygens (including phenoxy) is 2. The van der Waals surface area contributed by atoms with E-state index in [-0.39, 0.29) is 28.9 Å². The van der Waals surface area contributed by atoms with Crippen molar-refractivity contribution in [3.63, 3.8) is 0 Å². The molecular formula is C23H36O4. The number of fused-ring (bicyclic) bond motifs is 1. The van der Waals surface area contributed by atoms with E-state index in [9.17, 15) is 9.59 Å². The molecule has 27 heavy (non-hydrogen) atoms. The van der Waals surface area contributed by atoms with Gasteiger partial charge in [-0.15, -0.1) is 0 Å². The quantitative estimate of drug-likeness (QED) is 0.508. The van der Waals surface area contributed by atoms with Crippen LogP contribution in [-0.4, -0.2) is 24.6 Å². The van der Waals surface area contributed by atoms with Crippen molar-refractivity contribution in [2.24, 2.45) is 28.6 Å². The maximum Gasteiger partial charge on any atom is 0.302 e. The Labute approximate surface area is 164 Å². The number of rotatable bonds is 4. The normalized spacial score (nSPS) is 41.7. The lowest BCUT2D eigenvalue weighted by atomic mass is 9.52. The maximum absolute atomic E-state index is 11.5. The molecule has 0 aliphatic heterocycles. The third kappa shape index (κ3) is 3.95. The van der Waals surface area contributed by atoms with Crippen LogP contribution in [0, 0.1) is 28.6 Å². The molecule has 3 saturated carbocycles. The maximum atomic E-state index is 11.5. The molecule has 2 unspecified atom stereocenters. The molecule has 0 bridgehead atoms. The van der Waals surface area contributed by atoms with E-state index >= 15 is 0 Å². The Hall–Kier alpha value is -1.32. The molecule has 0 saturated heterocycles. The van der Waals surface area contributed by atoms with Crippen molar-refractivity contribution in [3.05, 3.63) is 12.2 Å². The first-order chi connectivity index (χ1) is 12.7. The topological polar surface area (TPSA) is 52.6 Å². The van der Waals surface area contributed by atoms with Gasteiger partial charge in [-0.1, -0.05) is 26.0 Å². The first-order valence-electron chi connectivity index (χ1n) is 10.6. The Morgan fingerprint density at radius 3 is 2.26 bits per heavy atom. The summed E-state index contributed by atoms with van der Waals surface area (Å²) in [5, 5.41) is 0. The minimum absolute atomic E-state index is 0.0719. The highest BCUT2D eigenvalue weighted by Gasteiger charge is 2.55. The number of hydrogen-bond donors (Lipinski definition) is 0. The second kappa shape index (κ2) is 7.60. The van der Waals surface area contributed by atoms with Gasteiger partial charge in [0.05, 0.1) is 6.61 Å². The molecule has 4 heteroatoms. The second-order valence-electron chi connectivity index (χ2n) is 9.74. The Morgan fingerprint density at radius 2 is 1.67 bits per heavy atom. The summed E-state index contributed by atoms with van der Waals surface area (Å²) in [7, 11) is 0. The Balaban J connectivity index is 1.77. The lowest BCUT2D eigenvalue weighted by Crippen LogP contribution is -2.48. The fourth-order valence-electron chi connectivity index (χ4n) is 6.48. The fraction of sp³-hybridized carbons (Fsp3) is 0.826. The van der Waals surface area contributed by atoms with Crippen LogP contribution in [0.25, 0.3) is 0 Å². The summed E-state index contributed by atoms with van der Waals surface area (Å²) in [5.74, 6) is 1.17. The third-order valence-electron chi connectivity index (χ3n) is 8.17. The summed E-state index contributed by atoms with van der Waals surface area (Å²) in [4.78, 5) is 22.8. The minimum atomic E-state index is -0.179. The molecule has 0 radical (unpaired) electrons. The van der Waals surface area contributed by atoms with Gasteiger partial charge in [0.15, 0.2) is 0 Å². The highest BCUT2D eigenvalue weighted by Crippen LogP contribution is 2.62. The van der Waals surface area contributed by atoms with Gasteiger partial charge in [0.1, 0.15) is 6.10 Å². The molecule has 0 amide bonds. The van der Waals surface area contributed by atoms with E-state index in [2.05, 4.69) is 20.4 Å². The van der Waals surface area contributed by atoms with E-state index < -0.39 is 0 Å². The van der Waals surface area contributed by atoms with Gasteiger partial charge in [-0.05, 0) is 74.0 Å². The van der Waals surface area contributed by atoms with Gasteiger partial charge >= 0.3 is 11.9 Å². The van der Waals surface area contributed by atoms with Crippen molar-refractivity contribution in [2.75, 3.05) is 6.61 Å². The van der Waals surface area contributed by atoms with E-state index in [0.717, 1.165) is 32.1 Å². The zero-order chi connectivity index (χ0) is 19.8. The number of esters is 2. The van der Waals surface area contributed by atoms with Gasteiger partial charge in [-0.3, -0.25) is 9.59 Å². The lowest BCUT2D eigenvalue weighted by Gasteiger charge is -2.54. The summed E-state index contributed by atoms with van der Waals surface area (Å²) in [6, 6.07) is 0. The first kappa shape index (κ1) is 20.4. The standard InChI is InChI=1S/C23H36O4/c1-15-6-7-21-19(14-26-16(2)24)20(10-13-23(15,21)5)22(4)11-8-18(9-12-22)27-17(3)25/h18-21H,1,6-14H2,2-5H3/t18?,19-,20?,21?,22?,23-/m1/s1. The summed E-state index contributed by atoms with van der Waals surface area (Å²) < 4.78 is 11.0. The Morgan fingerprint density at radius 1 is 1.00 bits per heavy atom. The van der Waals surface area contributed by atoms with Crippen LogP contribution < -0.4 is 0 Å². The number of hydrogen-bond acceptors (Lipinski definition) is 4. The van der Waals surface area contributed by atoms with Crippen molar-refractivity contribution >= 4 is 11.9 Å².